The number of aryl methyl sites for hydroxylation is 6. The standard InChI is InChI=1S/C24H28N2O5.C24H30N2O3.C22H26N2O3.ClH/c1-2-31-24(30)20(14-12-17-8-4-3-5-9-17)25-19-15-13-18-10-6-7-11-21(18)26(23(19)29)16-22(27)28;1-3-26-22-13-9-8-12-19(22)15-17-20(23(26)27)25-21(24(28)29-4-2)16-14-18-10-6-5-7-11-18;1-2-27-22(26)20(14-12-16-8-4-3-5-9-16)23-19-15-13-17-10-6-7-11-18(17)24-21(19)25;/h3-11,19-20,25H,2,12-16H2,1H3,(H,27,28);5-13,20-21,25H,3-4,14-17H2,1-2H3;3-11,19-20,23H,2,12-15H2,1H3,(H,24,25);1H/t19-,20-;20-,21-;19-,20-;/m000./s1. The first-order valence-electron chi connectivity index (χ1n) is 30.6. The van der Waals surface area contributed by atoms with Crippen LogP contribution in [0.3, 0.4) is 0 Å². The van der Waals surface area contributed by atoms with E-state index in [9.17, 15) is 38.7 Å². The third-order valence-electron chi connectivity index (χ3n) is 15.6. The quantitative estimate of drug-likeness (QED) is 0.0281. The molecule has 6 aromatic carbocycles. The Bertz CT molecular complexity index is 3190. The summed E-state index contributed by atoms with van der Waals surface area (Å²) in [5, 5.41) is 22.1. The van der Waals surface area contributed by atoms with E-state index in [2.05, 4.69) is 39.5 Å². The smallest absolute Gasteiger partial charge is 0.323 e. The summed E-state index contributed by atoms with van der Waals surface area (Å²) >= 11 is 0. The Morgan fingerprint density at radius 3 is 1.23 bits per heavy atom. The van der Waals surface area contributed by atoms with Crippen LogP contribution < -0.4 is 31.1 Å². The number of aliphatic carboxylic acids is 1. The van der Waals surface area contributed by atoms with Crippen LogP contribution in [0.4, 0.5) is 17.1 Å². The zero-order valence-electron chi connectivity index (χ0n) is 50.9. The Balaban J connectivity index is 0.000000210. The summed E-state index contributed by atoms with van der Waals surface area (Å²) in [5.74, 6) is -2.52. The number of rotatable bonds is 24. The number of halogens is 1. The SMILES string of the molecule is CCOC(=O)[C@H](CCc1ccccc1)N[C@H]1CCc2ccccc2N(CC(=O)O)C1=O.CCOC(=O)[C@H](CCc1ccccc1)N[C@H]1CCc2ccccc2N(CC)C1=O.CCOC(=O)[C@H](CCc1ccccc1)N[C@H]1CCc2ccccc2NC1=O.Cl. The van der Waals surface area contributed by atoms with Gasteiger partial charge in [-0.1, -0.05) is 146 Å². The molecular formula is C70H85ClN6O11. The fraction of sp³-hybridized carbons (Fsp3) is 0.386. The molecule has 0 bridgehead atoms. The van der Waals surface area contributed by atoms with E-state index < -0.39 is 54.7 Å². The Morgan fingerprint density at radius 1 is 0.477 bits per heavy atom. The summed E-state index contributed by atoms with van der Waals surface area (Å²) in [6.07, 6.45) is 7.73. The first-order valence-corrected chi connectivity index (χ1v) is 30.6. The molecule has 3 aliphatic rings. The van der Waals surface area contributed by atoms with Gasteiger partial charge in [0.2, 0.25) is 17.7 Å². The van der Waals surface area contributed by atoms with Gasteiger partial charge in [-0.25, -0.2) is 0 Å². The van der Waals surface area contributed by atoms with Crippen LogP contribution >= 0.6 is 12.4 Å². The first-order chi connectivity index (χ1) is 42.3. The van der Waals surface area contributed by atoms with E-state index >= 15 is 0 Å². The van der Waals surface area contributed by atoms with Gasteiger partial charge in [-0.2, -0.15) is 0 Å². The number of carbonyl (C=O) groups excluding carboxylic acids is 6. The molecule has 5 N–H and O–H groups in total. The number of hydrogen-bond donors (Lipinski definition) is 5. The van der Waals surface area contributed by atoms with E-state index in [-0.39, 0.29) is 48.7 Å². The number of esters is 3. The van der Waals surface area contributed by atoms with Gasteiger partial charge in [0, 0.05) is 23.6 Å². The van der Waals surface area contributed by atoms with Crippen LogP contribution in [0.25, 0.3) is 0 Å². The monoisotopic (exact) mass is 1220 g/mol. The minimum atomic E-state index is -1.09. The Hall–Kier alpha value is -8.22. The molecule has 3 heterocycles. The maximum Gasteiger partial charge on any atom is 0.323 e. The van der Waals surface area contributed by atoms with Crippen LogP contribution in [0.2, 0.25) is 0 Å². The molecule has 17 nitrogen and oxygen atoms in total. The van der Waals surface area contributed by atoms with Crippen molar-refractivity contribution in [3.63, 3.8) is 0 Å². The second-order valence-corrected chi connectivity index (χ2v) is 21.6. The Kier molecular flexibility index (Phi) is 28.3. The average Bonchev–Trinajstić information content (AvgIpc) is 3.53. The van der Waals surface area contributed by atoms with E-state index in [0.29, 0.717) is 76.8 Å². The molecule has 0 aromatic heterocycles. The summed E-state index contributed by atoms with van der Waals surface area (Å²) in [4.78, 5) is 91.3. The van der Waals surface area contributed by atoms with Gasteiger partial charge in [0.05, 0.1) is 37.9 Å². The molecule has 88 heavy (non-hydrogen) atoms. The summed E-state index contributed by atoms with van der Waals surface area (Å²) in [6, 6.07) is 49.9. The van der Waals surface area contributed by atoms with Crippen molar-refractivity contribution in [2.75, 3.05) is 48.0 Å². The van der Waals surface area contributed by atoms with Crippen molar-refractivity contribution in [3.05, 3.63) is 197 Å². The molecule has 18 heteroatoms. The first kappa shape index (κ1) is 68.9. The van der Waals surface area contributed by atoms with Gasteiger partial charge in [-0.15, -0.1) is 12.4 Å². The lowest BCUT2D eigenvalue weighted by molar-refractivity contribution is -0.147. The third kappa shape index (κ3) is 20.4. The Labute approximate surface area is 523 Å². The number of benzene rings is 6. The van der Waals surface area contributed by atoms with Crippen molar-refractivity contribution < 1.29 is 52.9 Å². The minimum Gasteiger partial charge on any atom is -0.480 e. The zero-order valence-corrected chi connectivity index (χ0v) is 51.7. The molecule has 0 spiro atoms. The van der Waals surface area contributed by atoms with Crippen molar-refractivity contribution in [2.45, 2.75) is 141 Å². The zero-order chi connectivity index (χ0) is 61.9. The summed E-state index contributed by atoms with van der Waals surface area (Å²) in [5.41, 5.74) is 9.05. The predicted molar refractivity (Wildman–Crippen MR) is 345 cm³/mol. The summed E-state index contributed by atoms with van der Waals surface area (Å²) in [7, 11) is 0. The average molecular weight is 1220 g/mol. The van der Waals surface area contributed by atoms with Gasteiger partial charge in [0.15, 0.2) is 0 Å². The van der Waals surface area contributed by atoms with Gasteiger partial charge in [-0.3, -0.25) is 54.4 Å². The lowest BCUT2D eigenvalue weighted by Gasteiger charge is -2.27. The minimum absolute atomic E-state index is 0. The van der Waals surface area contributed by atoms with Crippen molar-refractivity contribution in [2.24, 2.45) is 0 Å². The molecule has 3 amide bonds. The maximum atomic E-state index is 13.3. The lowest BCUT2D eigenvalue weighted by atomic mass is 10.0. The van der Waals surface area contributed by atoms with E-state index in [0.717, 1.165) is 59.3 Å². The number of fused-ring (bicyclic) bond motifs is 3. The van der Waals surface area contributed by atoms with E-state index in [4.69, 9.17) is 14.2 Å². The molecule has 0 aliphatic carbocycles. The topological polar surface area (TPSA) is 222 Å². The van der Waals surface area contributed by atoms with Crippen molar-refractivity contribution >= 4 is 71.1 Å². The molecule has 3 aliphatic heterocycles. The number of likely N-dealkylation sites (N-methyl/N-ethyl adjacent to an activating group) is 1. The van der Waals surface area contributed by atoms with Crippen LogP contribution in [-0.4, -0.2) is 116 Å². The Morgan fingerprint density at radius 2 is 0.818 bits per heavy atom. The van der Waals surface area contributed by atoms with Crippen LogP contribution in [0.1, 0.15) is 99.6 Å². The van der Waals surface area contributed by atoms with Gasteiger partial charge < -0.3 is 29.5 Å². The highest BCUT2D eigenvalue weighted by molar-refractivity contribution is 6.02. The normalized spacial score (nSPS) is 17.0. The fourth-order valence-corrected chi connectivity index (χ4v) is 11.2. The number of ether oxygens (including phenoxy) is 3. The lowest BCUT2D eigenvalue weighted by Crippen LogP contribution is -2.53. The number of anilines is 3. The van der Waals surface area contributed by atoms with Gasteiger partial charge in [0.25, 0.3) is 0 Å². The number of hydrogen-bond acceptors (Lipinski definition) is 13. The molecule has 0 saturated heterocycles. The highest BCUT2D eigenvalue weighted by Crippen LogP contribution is 2.29. The molecule has 0 radical (unpaired) electrons. The second kappa shape index (κ2) is 36.2. The molecule has 6 aromatic rings. The van der Waals surface area contributed by atoms with Crippen LogP contribution in [0.15, 0.2) is 164 Å². The van der Waals surface area contributed by atoms with E-state index in [1.165, 1.54) is 16.0 Å². The summed E-state index contributed by atoms with van der Waals surface area (Å²) in [6.45, 7) is 8.39. The number of carboxylic acids is 1. The fourth-order valence-electron chi connectivity index (χ4n) is 11.2. The van der Waals surface area contributed by atoms with Crippen LogP contribution in [-0.2, 0) is 86.3 Å². The van der Waals surface area contributed by atoms with Crippen LogP contribution in [0, 0.1) is 0 Å². The van der Waals surface area contributed by atoms with Gasteiger partial charge >= 0.3 is 23.9 Å². The van der Waals surface area contributed by atoms with Crippen molar-refractivity contribution in [1.29, 1.82) is 0 Å². The number of carbonyl (C=O) groups is 7. The second-order valence-electron chi connectivity index (χ2n) is 21.6. The van der Waals surface area contributed by atoms with E-state index in [1.807, 2.05) is 145 Å². The molecule has 0 fully saturated rings. The molecule has 0 saturated carbocycles. The largest absolute Gasteiger partial charge is 0.480 e. The predicted octanol–water partition coefficient (Wildman–Crippen LogP) is 9.60. The molecule has 0 unspecified atom stereocenters. The molecule has 468 valence electrons. The van der Waals surface area contributed by atoms with Crippen molar-refractivity contribution in [3.8, 4) is 0 Å². The highest BCUT2D eigenvalue weighted by Gasteiger charge is 2.36. The van der Waals surface area contributed by atoms with Crippen LogP contribution in [0.5, 0.6) is 0 Å². The number of nitrogens with one attached hydrogen (secondary N) is 4. The number of para-hydroxylation sites is 3. The molecular weight excluding hydrogens is 1140 g/mol. The number of carboxylic acid groups (broad SMARTS) is 1. The van der Waals surface area contributed by atoms with Crippen molar-refractivity contribution in [1.82, 2.24) is 16.0 Å². The molecule has 6 atom stereocenters. The van der Waals surface area contributed by atoms with Gasteiger partial charge in [0.1, 0.15) is 24.7 Å². The van der Waals surface area contributed by atoms with Gasteiger partial charge in [-0.05, 0) is 156 Å². The number of nitrogens with zero attached hydrogens (tertiary/aromatic N) is 2. The summed E-state index contributed by atoms with van der Waals surface area (Å²) < 4.78 is 15.8. The maximum absolute atomic E-state index is 13.3. The highest BCUT2D eigenvalue weighted by atomic mass is 35.5. The van der Waals surface area contributed by atoms with E-state index in [1.54, 1.807) is 32.9 Å². The number of amides is 3. The third-order valence-corrected chi connectivity index (χ3v) is 15.6. The molecule has 9 rings (SSSR count).